The van der Waals surface area contributed by atoms with Crippen LogP contribution in [0.1, 0.15) is 88.4 Å². The number of rotatable bonds is 8. The lowest BCUT2D eigenvalue weighted by Gasteiger charge is -2.35. The summed E-state index contributed by atoms with van der Waals surface area (Å²) in [6, 6.07) is 3.83. The number of alkyl carbamates (subject to hydrolysis) is 1. The first-order chi connectivity index (χ1) is 16.5. The minimum absolute atomic E-state index is 0.0920. The lowest BCUT2D eigenvalue weighted by molar-refractivity contribution is -0.144. The van der Waals surface area contributed by atoms with Crippen LogP contribution < -0.4 is 10.6 Å². The van der Waals surface area contributed by atoms with Gasteiger partial charge in [-0.3, -0.25) is 9.59 Å². The van der Waals surface area contributed by atoms with Gasteiger partial charge < -0.3 is 25.4 Å². The van der Waals surface area contributed by atoms with Crippen molar-refractivity contribution in [1.82, 2.24) is 15.5 Å². The molecule has 0 radical (unpaired) electrons. The van der Waals surface area contributed by atoms with Gasteiger partial charge in [-0.2, -0.15) is 0 Å². The molecule has 0 aliphatic heterocycles. The van der Waals surface area contributed by atoms with Gasteiger partial charge in [-0.15, -0.1) is 0 Å². The molecule has 0 aromatic heterocycles. The SMILES string of the molecule is Cc1cc(C)cc(C(C(=O)NC2CCCCC2)N(C(=O)C(CO)NC(=O)OC(C)(C)C)C2CC2)c1. The van der Waals surface area contributed by atoms with Gasteiger partial charge in [0.25, 0.3) is 0 Å². The van der Waals surface area contributed by atoms with Crippen molar-refractivity contribution in [3.8, 4) is 0 Å². The van der Waals surface area contributed by atoms with Crippen LogP contribution in [0.5, 0.6) is 0 Å². The Hall–Kier alpha value is -2.61. The van der Waals surface area contributed by atoms with Crippen molar-refractivity contribution in [2.45, 2.75) is 109 Å². The van der Waals surface area contributed by atoms with E-state index in [1.807, 2.05) is 32.0 Å². The molecule has 8 nitrogen and oxygen atoms in total. The quantitative estimate of drug-likeness (QED) is 0.519. The number of ether oxygens (including phenoxy) is 1. The van der Waals surface area contributed by atoms with E-state index in [0.29, 0.717) is 0 Å². The van der Waals surface area contributed by atoms with E-state index >= 15 is 0 Å². The highest BCUT2D eigenvalue weighted by Gasteiger charge is 2.44. The third-order valence-electron chi connectivity index (χ3n) is 6.40. The van der Waals surface area contributed by atoms with Crippen LogP contribution in [-0.2, 0) is 14.3 Å². The summed E-state index contributed by atoms with van der Waals surface area (Å²) in [7, 11) is 0. The first-order valence-electron chi connectivity index (χ1n) is 12.8. The summed E-state index contributed by atoms with van der Waals surface area (Å²) in [5, 5.41) is 15.7. The fraction of sp³-hybridized carbons (Fsp3) is 0.667. The first kappa shape index (κ1) is 27.0. The van der Waals surface area contributed by atoms with Crippen LogP contribution in [0.4, 0.5) is 4.79 Å². The predicted molar refractivity (Wildman–Crippen MR) is 134 cm³/mol. The van der Waals surface area contributed by atoms with Gasteiger partial charge in [0.1, 0.15) is 17.7 Å². The van der Waals surface area contributed by atoms with E-state index < -0.39 is 36.3 Å². The molecule has 2 fully saturated rings. The summed E-state index contributed by atoms with van der Waals surface area (Å²) in [5.41, 5.74) is 2.00. The Kier molecular flexibility index (Phi) is 8.80. The number of carbonyl (C=O) groups is 3. The molecule has 0 heterocycles. The molecule has 1 aromatic carbocycles. The molecule has 2 unspecified atom stereocenters. The second-order valence-electron chi connectivity index (χ2n) is 11.0. The lowest BCUT2D eigenvalue weighted by Crippen LogP contribution is -2.55. The van der Waals surface area contributed by atoms with Crippen molar-refractivity contribution in [2.75, 3.05) is 6.61 Å². The molecule has 2 atom stereocenters. The maximum absolute atomic E-state index is 13.8. The maximum Gasteiger partial charge on any atom is 0.408 e. The zero-order valence-corrected chi connectivity index (χ0v) is 21.7. The van der Waals surface area contributed by atoms with Gasteiger partial charge in [0, 0.05) is 12.1 Å². The average molecular weight is 488 g/mol. The molecule has 0 saturated heterocycles. The Balaban J connectivity index is 1.92. The number of aliphatic hydroxyl groups is 1. The molecule has 8 heteroatoms. The van der Waals surface area contributed by atoms with E-state index in [-0.39, 0.29) is 18.0 Å². The summed E-state index contributed by atoms with van der Waals surface area (Å²) < 4.78 is 5.29. The van der Waals surface area contributed by atoms with Crippen molar-refractivity contribution in [3.63, 3.8) is 0 Å². The van der Waals surface area contributed by atoms with E-state index in [2.05, 4.69) is 10.6 Å². The molecular formula is C27H41N3O5. The third kappa shape index (κ3) is 7.69. The zero-order valence-electron chi connectivity index (χ0n) is 21.7. The average Bonchev–Trinajstić information content (AvgIpc) is 3.59. The topological polar surface area (TPSA) is 108 Å². The minimum Gasteiger partial charge on any atom is -0.444 e. The zero-order chi connectivity index (χ0) is 25.8. The minimum atomic E-state index is -1.21. The van der Waals surface area contributed by atoms with Crippen molar-refractivity contribution in [1.29, 1.82) is 0 Å². The number of carbonyl (C=O) groups excluding carboxylic acids is 3. The predicted octanol–water partition coefficient (Wildman–Crippen LogP) is 3.67. The standard InChI is InChI=1S/C27H41N3O5/c1-17-13-18(2)15-19(14-17)23(24(32)28-20-9-7-6-8-10-20)30(21-11-12-21)25(33)22(16-31)29-26(34)35-27(3,4)5/h13-15,20-23,31H,6-12,16H2,1-5H3,(H,28,32)(H,29,34). The Labute approximate surface area is 208 Å². The van der Waals surface area contributed by atoms with Gasteiger partial charge in [0.05, 0.1) is 6.61 Å². The van der Waals surface area contributed by atoms with Crippen LogP contribution in [-0.4, -0.2) is 58.2 Å². The molecule has 2 saturated carbocycles. The van der Waals surface area contributed by atoms with E-state index in [9.17, 15) is 19.5 Å². The summed E-state index contributed by atoms with van der Waals surface area (Å²) >= 11 is 0. The van der Waals surface area contributed by atoms with Crippen molar-refractivity contribution in [2.24, 2.45) is 0 Å². The molecule has 35 heavy (non-hydrogen) atoms. The van der Waals surface area contributed by atoms with Crippen LogP contribution >= 0.6 is 0 Å². The number of nitrogens with one attached hydrogen (secondary N) is 2. The van der Waals surface area contributed by atoms with Crippen LogP contribution in [0.2, 0.25) is 0 Å². The maximum atomic E-state index is 13.8. The molecule has 2 aliphatic rings. The molecule has 3 amide bonds. The normalized spacial score (nSPS) is 18.3. The molecule has 0 bridgehead atoms. The van der Waals surface area contributed by atoms with Crippen molar-refractivity contribution >= 4 is 17.9 Å². The molecule has 2 aliphatic carbocycles. The second kappa shape index (κ2) is 11.4. The van der Waals surface area contributed by atoms with Crippen molar-refractivity contribution in [3.05, 3.63) is 34.9 Å². The van der Waals surface area contributed by atoms with Crippen LogP contribution in [0.3, 0.4) is 0 Å². The smallest absolute Gasteiger partial charge is 0.408 e. The van der Waals surface area contributed by atoms with Gasteiger partial charge in [0.2, 0.25) is 11.8 Å². The number of amides is 3. The lowest BCUT2D eigenvalue weighted by atomic mass is 9.94. The second-order valence-corrected chi connectivity index (χ2v) is 11.0. The van der Waals surface area contributed by atoms with Gasteiger partial charge in [-0.05, 0) is 65.9 Å². The van der Waals surface area contributed by atoms with Gasteiger partial charge in [-0.1, -0.05) is 48.6 Å². The fourth-order valence-electron chi connectivity index (χ4n) is 4.82. The number of aliphatic hydroxyl groups excluding tert-OH is 1. The highest BCUT2D eigenvalue weighted by Crippen LogP contribution is 2.36. The number of benzene rings is 1. The Morgan fingerprint density at radius 2 is 1.63 bits per heavy atom. The molecule has 194 valence electrons. The monoisotopic (exact) mass is 487 g/mol. The van der Waals surface area contributed by atoms with Gasteiger partial charge in [-0.25, -0.2) is 4.79 Å². The first-order valence-corrected chi connectivity index (χ1v) is 12.8. The number of nitrogens with zero attached hydrogens (tertiary/aromatic N) is 1. The Morgan fingerprint density at radius 1 is 1.03 bits per heavy atom. The number of aryl methyl sites for hydroxylation is 2. The third-order valence-corrected chi connectivity index (χ3v) is 6.40. The van der Waals surface area contributed by atoms with Crippen LogP contribution in [0.25, 0.3) is 0 Å². The number of hydrogen-bond acceptors (Lipinski definition) is 5. The van der Waals surface area contributed by atoms with Crippen molar-refractivity contribution < 1.29 is 24.2 Å². The van der Waals surface area contributed by atoms with Crippen LogP contribution in [0, 0.1) is 13.8 Å². The molecule has 3 N–H and O–H groups in total. The fourth-order valence-corrected chi connectivity index (χ4v) is 4.82. The highest BCUT2D eigenvalue weighted by atomic mass is 16.6. The summed E-state index contributed by atoms with van der Waals surface area (Å²) in [5.74, 6) is -0.695. The largest absolute Gasteiger partial charge is 0.444 e. The summed E-state index contributed by atoms with van der Waals surface area (Å²) in [6.07, 6.45) is 5.96. The molecular weight excluding hydrogens is 446 g/mol. The van der Waals surface area contributed by atoms with Gasteiger partial charge >= 0.3 is 6.09 Å². The number of hydrogen-bond donors (Lipinski definition) is 3. The van der Waals surface area contributed by atoms with E-state index in [4.69, 9.17) is 4.74 Å². The van der Waals surface area contributed by atoms with E-state index in [0.717, 1.165) is 55.2 Å². The summed E-state index contributed by atoms with van der Waals surface area (Å²) in [6.45, 7) is 8.53. The van der Waals surface area contributed by atoms with E-state index in [1.165, 1.54) is 6.42 Å². The molecule has 3 rings (SSSR count). The molecule has 1 aromatic rings. The Morgan fingerprint density at radius 3 is 2.14 bits per heavy atom. The van der Waals surface area contributed by atoms with Gasteiger partial charge in [0.15, 0.2) is 0 Å². The highest BCUT2D eigenvalue weighted by molar-refractivity contribution is 5.92. The Bertz CT molecular complexity index is 896. The summed E-state index contributed by atoms with van der Waals surface area (Å²) in [4.78, 5) is 41.5. The van der Waals surface area contributed by atoms with E-state index in [1.54, 1.807) is 25.7 Å². The molecule has 0 spiro atoms. The van der Waals surface area contributed by atoms with Crippen LogP contribution in [0.15, 0.2) is 18.2 Å².